The average Bonchev–Trinajstić information content (AvgIpc) is 3.01. The van der Waals surface area contributed by atoms with E-state index in [-0.39, 0.29) is 54.7 Å². The number of hydrogen-bond acceptors (Lipinski definition) is 6. The number of nitrogen functional groups attached to an aromatic ring is 1. The molecule has 5 N–H and O–H groups in total. The molecule has 3 aromatic carbocycles. The predicted molar refractivity (Wildman–Crippen MR) is 190 cm³/mol. The first kappa shape index (κ1) is 37.9. The zero-order chi connectivity index (χ0) is 31.0. The van der Waals surface area contributed by atoms with Gasteiger partial charge in [0.2, 0.25) is 0 Å². The molecule has 1 aliphatic heterocycles. The van der Waals surface area contributed by atoms with Gasteiger partial charge in [-0.1, -0.05) is 52.0 Å². The van der Waals surface area contributed by atoms with Gasteiger partial charge in [0.15, 0.2) is 0 Å². The molecule has 0 spiro atoms. The van der Waals surface area contributed by atoms with Crippen LogP contribution in [0.2, 0.25) is 0 Å². The number of amides is 2. The van der Waals surface area contributed by atoms with E-state index in [2.05, 4.69) is 61.4 Å². The number of nitrogens with two attached hydrogens (primary N) is 1. The largest absolute Gasteiger partial charge is 0.497 e. The van der Waals surface area contributed by atoms with Crippen molar-refractivity contribution in [3.8, 4) is 11.5 Å². The molecule has 0 saturated carbocycles. The van der Waals surface area contributed by atoms with Crippen molar-refractivity contribution in [1.29, 1.82) is 0 Å². The fourth-order valence-electron chi connectivity index (χ4n) is 5.96. The number of hydrogen-bond donors (Lipinski definition) is 4. The second kappa shape index (κ2) is 17.4. The normalized spacial score (nSPS) is 13.9. The van der Waals surface area contributed by atoms with Gasteiger partial charge in [-0.3, -0.25) is 0 Å². The molecule has 0 aromatic heterocycles. The molecule has 0 atom stereocenters. The highest BCUT2D eigenvalue weighted by molar-refractivity contribution is 5.92. The molecular weight excluding hydrogens is 611 g/mol. The summed E-state index contributed by atoms with van der Waals surface area (Å²) in [6, 6.07) is 20.0. The quantitative estimate of drug-likeness (QED) is 0.118. The Morgan fingerprint density at radius 1 is 0.978 bits per heavy atom. The van der Waals surface area contributed by atoms with Gasteiger partial charge in [0.05, 0.1) is 19.4 Å². The van der Waals surface area contributed by atoms with E-state index in [1.807, 2.05) is 42.5 Å². The molecule has 1 aliphatic rings. The number of urea groups is 1. The Balaban J connectivity index is 0.00000353. The molecule has 2 amide bonds. The number of nitrogens with zero attached hydrogens (tertiary/aromatic N) is 1. The summed E-state index contributed by atoms with van der Waals surface area (Å²) in [6.07, 6.45) is 2.26. The van der Waals surface area contributed by atoms with Crippen LogP contribution in [-0.2, 0) is 5.41 Å². The maximum atomic E-state index is 13.5. The first-order valence-electron chi connectivity index (χ1n) is 15.4. The average molecular weight is 662 g/mol. The Kier molecular flexibility index (Phi) is 14.6. The zero-order valence-electron chi connectivity index (χ0n) is 27.1. The van der Waals surface area contributed by atoms with Crippen LogP contribution in [0.4, 0.5) is 21.9 Å². The van der Waals surface area contributed by atoms with Crippen molar-refractivity contribution < 1.29 is 19.4 Å². The minimum absolute atomic E-state index is 0. The molecule has 1 heterocycles. The Morgan fingerprint density at radius 2 is 1.62 bits per heavy atom. The van der Waals surface area contributed by atoms with Crippen molar-refractivity contribution in [2.45, 2.75) is 64.2 Å². The number of nitrogens with one attached hydrogen (secondary N) is 2. The number of carbonyl (C=O) groups is 1. The van der Waals surface area contributed by atoms with E-state index in [1.54, 1.807) is 7.11 Å². The van der Waals surface area contributed by atoms with E-state index in [0.29, 0.717) is 25.3 Å². The minimum atomic E-state index is -0.280. The van der Waals surface area contributed by atoms with Gasteiger partial charge in [-0.2, -0.15) is 0 Å². The first-order valence-corrected chi connectivity index (χ1v) is 15.4. The number of carbonyl (C=O) groups excluding carboxylic acids is 1. The van der Waals surface area contributed by atoms with E-state index in [1.165, 1.54) is 0 Å². The standard InChI is InChI=1S/C35H48N4O4.2ClH/c1-24(2)29-21-27(36)22-30(25(3)4)33(29)38-34(41)37-23-35(26-10-8-11-28(20-26)42-5)14-16-39(17-15-35)31-12-6-7-13-32(31)43-19-9-18-40;;/h6-8,10-13,20-22,24-25,40H,9,14-19,23,36H2,1-5H3,(H2,37,38,41);2*1H. The summed E-state index contributed by atoms with van der Waals surface area (Å²) in [5.41, 5.74) is 11.8. The SMILES string of the molecule is COc1cccc(C2(CNC(=O)Nc3c(C(C)C)cc(N)cc3C(C)C)CCN(c3ccccc3OCCCO)CC2)c1.Cl.Cl. The topological polar surface area (TPSA) is 109 Å². The van der Waals surface area contributed by atoms with E-state index in [9.17, 15) is 9.90 Å². The number of benzene rings is 3. The van der Waals surface area contributed by atoms with Crippen LogP contribution in [0.15, 0.2) is 60.7 Å². The fraction of sp³-hybridized carbons (Fsp3) is 0.457. The zero-order valence-corrected chi connectivity index (χ0v) is 28.7. The van der Waals surface area contributed by atoms with Crippen molar-refractivity contribution in [2.24, 2.45) is 0 Å². The second-order valence-electron chi connectivity index (χ2n) is 12.1. The summed E-state index contributed by atoms with van der Waals surface area (Å²) < 4.78 is 11.6. The molecule has 0 bridgehead atoms. The lowest BCUT2D eigenvalue weighted by Gasteiger charge is -2.43. The number of para-hydroxylation sites is 2. The highest BCUT2D eigenvalue weighted by atomic mass is 35.5. The van der Waals surface area contributed by atoms with Gasteiger partial charge in [-0.05, 0) is 77.8 Å². The summed E-state index contributed by atoms with van der Waals surface area (Å²) in [6.45, 7) is 11.1. The molecular formula is C35H50Cl2N4O4. The summed E-state index contributed by atoms with van der Waals surface area (Å²) >= 11 is 0. The number of halogens is 2. The van der Waals surface area contributed by atoms with Crippen molar-refractivity contribution in [3.63, 3.8) is 0 Å². The van der Waals surface area contributed by atoms with Crippen LogP contribution in [0.3, 0.4) is 0 Å². The highest BCUT2D eigenvalue weighted by Crippen LogP contribution is 2.40. The lowest BCUT2D eigenvalue weighted by atomic mass is 9.72. The molecule has 1 fully saturated rings. The third kappa shape index (κ3) is 9.35. The molecule has 8 nitrogen and oxygen atoms in total. The summed E-state index contributed by atoms with van der Waals surface area (Å²) in [5.74, 6) is 2.04. The van der Waals surface area contributed by atoms with Crippen LogP contribution in [0.1, 0.15) is 75.5 Å². The molecule has 45 heavy (non-hydrogen) atoms. The number of methoxy groups -OCH3 is 1. The van der Waals surface area contributed by atoms with Gasteiger partial charge in [-0.25, -0.2) is 4.79 Å². The van der Waals surface area contributed by atoms with Gasteiger partial charge in [0.1, 0.15) is 11.5 Å². The van der Waals surface area contributed by atoms with Gasteiger partial charge < -0.3 is 35.8 Å². The molecule has 3 aromatic rings. The van der Waals surface area contributed by atoms with Crippen molar-refractivity contribution in [1.82, 2.24) is 5.32 Å². The van der Waals surface area contributed by atoms with Crippen LogP contribution in [0.5, 0.6) is 11.5 Å². The number of ether oxygens (including phenoxy) is 2. The minimum Gasteiger partial charge on any atom is -0.497 e. The first-order chi connectivity index (χ1) is 20.7. The van der Waals surface area contributed by atoms with Crippen LogP contribution in [0.25, 0.3) is 0 Å². The second-order valence-corrected chi connectivity index (χ2v) is 12.1. The summed E-state index contributed by atoms with van der Waals surface area (Å²) in [7, 11) is 1.68. The number of aliphatic hydroxyl groups excluding tert-OH is 1. The number of aliphatic hydroxyl groups is 1. The van der Waals surface area contributed by atoms with Gasteiger partial charge in [0.25, 0.3) is 0 Å². The van der Waals surface area contributed by atoms with Crippen molar-refractivity contribution in [3.05, 3.63) is 77.4 Å². The lowest BCUT2D eigenvalue weighted by Crippen LogP contribution is -2.49. The lowest BCUT2D eigenvalue weighted by molar-refractivity contribution is 0.233. The molecule has 248 valence electrons. The Labute approximate surface area is 280 Å². The van der Waals surface area contributed by atoms with Crippen LogP contribution in [-0.4, -0.2) is 51.1 Å². The summed E-state index contributed by atoms with van der Waals surface area (Å²) in [4.78, 5) is 15.9. The molecule has 0 aliphatic carbocycles. The number of piperidine rings is 1. The third-order valence-electron chi connectivity index (χ3n) is 8.46. The van der Waals surface area contributed by atoms with E-state index >= 15 is 0 Å². The monoisotopic (exact) mass is 660 g/mol. The Bertz CT molecular complexity index is 1350. The highest BCUT2D eigenvalue weighted by Gasteiger charge is 2.37. The third-order valence-corrected chi connectivity index (χ3v) is 8.46. The van der Waals surface area contributed by atoms with Crippen molar-refractivity contribution >= 4 is 47.9 Å². The Morgan fingerprint density at radius 3 is 2.22 bits per heavy atom. The van der Waals surface area contributed by atoms with Crippen LogP contribution in [0, 0.1) is 0 Å². The smallest absolute Gasteiger partial charge is 0.319 e. The molecule has 4 rings (SSSR count). The molecule has 0 radical (unpaired) electrons. The van der Waals surface area contributed by atoms with Gasteiger partial charge in [0, 0.05) is 49.5 Å². The van der Waals surface area contributed by atoms with Crippen LogP contribution < -0.4 is 30.7 Å². The van der Waals surface area contributed by atoms with Gasteiger partial charge in [-0.15, -0.1) is 24.8 Å². The van der Waals surface area contributed by atoms with E-state index < -0.39 is 0 Å². The predicted octanol–water partition coefficient (Wildman–Crippen LogP) is 7.49. The Hall–Kier alpha value is -3.33. The maximum absolute atomic E-state index is 13.5. The molecule has 10 heteroatoms. The van der Waals surface area contributed by atoms with E-state index in [4.69, 9.17) is 15.2 Å². The summed E-state index contributed by atoms with van der Waals surface area (Å²) in [5, 5.41) is 15.6. The molecule has 1 saturated heterocycles. The number of rotatable bonds is 12. The maximum Gasteiger partial charge on any atom is 0.319 e. The molecule has 0 unspecified atom stereocenters. The fourth-order valence-corrected chi connectivity index (χ4v) is 5.96. The van der Waals surface area contributed by atoms with Crippen LogP contribution >= 0.6 is 24.8 Å². The van der Waals surface area contributed by atoms with E-state index in [0.717, 1.165) is 65.5 Å². The van der Waals surface area contributed by atoms with Crippen molar-refractivity contribution in [2.75, 3.05) is 55.9 Å². The van der Waals surface area contributed by atoms with Gasteiger partial charge >= 0.3 is 6.03 Å². The number of anilines is 3.